The lowest BCUT2D eigenvalue weighted by atomic mass is 10.0. The van der Waals surface area contributed by atoms with Crippen LogP contribution in [0.2, 0.25) is 0 Å². The molecule has 13 nitrogen and oxygen atoms in total. The Hall–Kier alpha value is -4.64. The van der Waals surface area contributed by atoms with E-state index in [-0.39, 0.29) is 41.8 Å². The number of morpholine rings is 1. The van der Waals surface area contributed by atoms with Crippen LogP contribution in [0.1, 0.15) is 43.9 Å². The molecule has 0 saturated carbocycles. The molecule has 0 unspecified atom stereocenters. The number of urea groups is 1. The zero-order chi connectivity index (χ0) is 33.6. The quantitative estimate of drug-likeness (QED) is 0.297. The first-order chi connectivity index (χ1) is 21.7. The van der Waals surface area contributed by atoms with Gasteiger partial charge in [-0.1, -0.05) is 0 Å². The second-order valence-corrected chi connectivity index (χ2v) is 11.8. The van der Waals surface area contributed by atoms with Gasteiger partial charge in [-0.3, -0.25) is 24.8 Å². The number of nitrogens with zero attached hydrogens (tertiary/aromatic N) is 4. The minimum absolute atomic E-state index is 0.00451. The second-order valence-electron chi connectivity index (χ2n) is 11.0. The fourth-order valence-electron chi connectivity index (χ4n) is 4.27. The van der Waals surface area contributed by atoms with Crippen molar-refractivity contribution in [2.75, 3.05) is 38.2 Å². The van der Waals surface area contributed by atoms with E-state index in [4.69, 9.17) is 9.47 Å². The number of pyridine rings is 2. The first-order valence-corrected chi connectivity index (χ1v) is 15.0. The Kier molecular flexibility index (Phi) is 10.6. The van der Waals surface area contributed by atoms with Gasteiger partial charge in [0.25, 0.3) is 0 Å². The Bertz CT molecular complexity index is 1610. The third kappa shape index (κ3) is 8.75. The SMILES string of the molecule is CCNC(=O)Nc1cc(-c2nc(C(F)(F)F)cs2)c(-c2ccnc(C(=O)CNC(=O)[C@@H]3COCCN3C(=O)OC(C)(C)C)c2)cn1. The lowest BCUT2D eigenvalue weighted by molar-refractivity contribution is -0.140. The van der Waals surface area contributed by atoms with Gasteiger partial charge in [-0.2, -0.15) is 13.2 Å². The Morgan fingerprint density at radius 1 is 1.11 bits per heavy atom. The van der Waals surface area contributed by atoms with E-state index in [1.165, 1.54) is 35.5 Å². The maximum atomic E-state index is 13.4. The van der Waals surface area contributed by atoms with E-state index in [0.717, 1.165) is 16.7 Å². The molecule has 4 amide bonds. The molecule has 1 aliphatic rings. The topological polar surface area (TPSA) is 165 Å². The van der Waals surface area contributed by atoms with E-state index in [0.29, 0.717) is 17.7 Å². The molecular weight excluding hydrogens is 631 g/mol. The van der Waals surface area contributed by atoms with Gasteiger partial charge in [-0.15, -0.1) is 11.3 Å². The summed E-state index contributed by atoms with van der Waals surface area (Å²) in [6.45, 7) is 6.96. The maximum Gasteiger partial charge on any atom is 0.434 e. The molecule has 4 heterocycles. The van der Waals surface area contributed by atoms with Crippen molar-refractivity contribution in [2.45, 2.75) is 45.5 Å². The van der Waals surface area contributed by atoms with Crippen LogP contribution in [-0.4, -0.2) is 88.2 Å². The van der Waals surface area contributed by atoms with Gasteiger partial charge in [-0.25, -0.2) is 19.6 Å². The Labute approximate surface area is 265 Å². The summed E-state index contributed by atoms with van der Waals surface area (Å²) in [7, 11) is 0. The maximum absolute atomic E-state index is 13.4. The van der Waals surface area contributed by atoms with Crippen molar-refractivity contribution in [3.8, 4) is 21.7 Å². The number of Topliss-reactive ketones (excluding diaryl/α,β-unsaturated/α-hetero) is 1. The number of nitrogens with one attached hydrogen (secondary N) is 3. The van der Waals surface area contributed by atoms with E-state index < -0.39 is 53.9 Å². The van der Waals surface area contributed by atoms with Crippen molar-refractivity contribution in [2.24, 2.45) is 0 Å². The van der Waals surface area contributed by atoms with Crippen LogP contribution in [0.25, 0.3) is 21.7 Å². The third-order valence-electron chi connectivity index (χ3n) is 6.35. The molecule has 246 valence electrons. The van der Waals surface area contributed by atoms with Gasteiger partial charge in [0, 0.05) is 42.0 Å². The predicted molar refractivity (Wildman–Crippen MR) is 161 cm³/mol. The lowest BCUT2D eigenvalue weighted by Gasteiger charge is -2.35. The van der Waals surface area contributed by atoms with Crippen molar-refractivity contribution in [1.82, 2.24) is 30.5 Å². The van der Waals surface area contributed by atoms with E-state index in [1.54, 1.807) is 27.7 Å². The number of halogens is 3. The lowest BCUT2D eigenvalue weighted by Crippen LogP contribution is -2.57. The standard InChI is InChI=1S/C29H32F3N7O6S/c1-5-33-26(42)38-23-11-17(25-37-22(15-46-25)29(30,31)32)18(12-35-23)16-6-7-34-19(10-16)21(40)13-36-24(41)20-14-44-9-8-39(20)27(43)45-28(2,3)4/h6-7,10-12,15,20H,5,8-9,13-14H2,1-4H3,(H,36,41)(H2,33,35,38,42)/t20-/m0/s1. The summed E-state index contributed by atoms with van der Waals surface area (Å²) < 4.78 is 50.8. The molecule has 0 bridgehead atoms. The molecule has 0 aliphatic carbocycles. The molecule has 1 saturated heterocycles. The smallest absolute Gasteiger partial charge is 0.434 e. The van der Waals surface area contributed by atoms with Crippen LogP contribution in [0.4, 0.5) is 28.6 Å². The largest absolute Gasteiger partial charge is 0.444 e. The van der Waals surface area contributed by atoms with Crippen LogP contribution < -0.4 is 16.0 Å². The van der Waals surface area contributed by atoms with Crippen LogP contribution in [0.15, 0.2) is 36.0 Å². The number of hydrogen-bond donors (Lipinski definition) is 3. The highest BCUT2D eigenvalue weighted by Crippen LogP contribution is 2.38. The van der Waals surface area contributed by atoms with Gasteiger partial charge < -0.3 is 20.1 Å². The van der Waals surface area contributed by atoms with Crippen LogP contribution >= 0.6 is 11.3 Å². The summed E-state index contributed by atoms with van der Waals surface area (Å²) in [5.41, 5.74) is -0.996. The number of thiazole rings is 1. The average Bonchev–Trinajstić information content (AvgIpc) is 3.50. The van der Waals surface area contributed by atoms with Crippen molar-refractivity contribution >= 4 is 41.0 Å². The van der Waals surface area contributed by atoms with Crippen LogP contribution in [0.5, 0.6) is 0 Å². The number of anilines is 1. The molecular formula is C29H32F3N7O6S. The molecule has 4 rings (SSSR count). The zero-order valence-electron chi connectivity index (χ0n) is 25.4. The number of amides is 4. The molecule has 1 atom stereocenters. The van der Waals surface area contributed by atoms with Crippen LogP contribution in [0.3, 0.4) is 0 Å². The normalized spacial score (nSPS) is 15.2. The monoisotopic (exact) mass is 663 g/mol. The average molecular weight is 664 g/mol. The summed E-state index contributed by atoms with van der Waals surface area (Å²) in [6.07, 6.45) is -2.68. The molecule has 0 aromatic carbocycles. The van der Waals surface area contributed by atoms with E-state index >= 15 is 0 Å². The van der Waals surface area contributed by atoms with Crippen molar-refractivity contribution < 1.29 is 41.8 Å². The molecule has 17 heteroatoms. The summed E-state index contributed by atoms with van der Waals surface area (Å²) >= 11 is 0.752. The molecule has 1 aliphatic heterocycles. The van der Waals surface area contributed by atoms with E-state index in [9.17, 15) is 32.3 Å². The number of ketones is 1. The minimum Gasteiger partial charge on any atom is -0.444 e. The fraction of sp³-hybridized carbons (Fsp3) is 0.414. The van der Waals surface area contributed by atoms with Crippen LogP contribution in [0, 0.1) is 0 Å². The first kappa shape index (κ1) is 34.2. The van der Waals surface area contributed by atoms with E-state index in [2.05, 4.69) is 30.9 Å². The molecule has 3 aromatic rings. The molecule has 0 radical (unpaired) electrons. The van der Waals surface area contributed by atoms with E-state index in [1.807, 2.05) is 0 Å². The predicted octanol–water partition coefficient (Wildman–Crippen LogP) is 4.36. The number of ether oxygens (including phenoxy) is 2. The van der Waals surface area contributed by atoms with Gasteiger partial charge in [0.2, 0.25) is 5.91 Å². The summed E-state index contributed by atoms with van der Waals surface area (Å²) in [5.74, 6) is -1.14. The van der Waals surface area contributed by atoms with Gasteiger partial charge in [0.1, 0.15) is 28.2 Å². The molecule has 3 N–H and O–H groups in total. The Morgan fingerprint density at radius 3 is 2.54 bits per heavy atom. The number of hydrogen-bond acceptors (Lipinski definition) is 10. The molecule has 0 spiro atoms. The van der Waals surface area contributed by atoms with Crippen molar-refractivity contribution in [1.29, 1.82) is 0 Å². The van der Waals surface area contributed by atoms with Crippen LogP contribution in [-0.2, 0) is 20.4 Å². The fourth-order valence-corrected chi connectivity index (χ4v) is 5.12. The highest BCUT2D eigenvalue weighted by molar-refractivity contribution is 7.13. The first-order valence-electron chi connectivity index (χ1n) is 14.1. The number of carbonyl (C=O) groups excluding carboxylic acids is 4. The Morgan fingerprint density at radius 2 is 1.87 bits per heavy atom. The number of rotatable bonds is 8. The highest BCUT2D eigenvalue weighted by atomic mass is 32.1. The van der Waals surface area contributed by atoms with Gasteiger partial charge in [-0.05, 0) is 51.5 Å². The molecule has 46 heavy (non-hydrogen) atoms. The zero-order valence-corrected chi connectivity index (χ0v) is 26.2. The van der Waals surface area contributed by atoms with Crippen molar-refractivity contribution in [3.63, 3.8) is 0 Å². The van der Waals surface area contributed by atoms with Crippen molar-refractivity contribution in [3.05, 3.63) is 47.4 Å². The number of aromatic nitrogens is 3. The van der Waals surface area contributed by atoms with Gasteiger partial charge in [0.15, 0.2) is 11.5 Å². The summed E-state index contributed by atoms with van der Waals surface area (Å²) in [6, 6.07) is 2.74. The second kappa shape index (κ2) is 14.2. The third-order valence-corrected chi connectivity index (χ3v) is 7.22. The highest BCUT2D eigenvalue weighted by Gasteiger charge is 2.36. The van der Waals surface area contributed by atoms with Gasteiger partial charge >= 0.3 is 18.3 Å². The van der Waals surface area contributed by atoms with Gasteiger partial charge in [0.05, 0.1) is 19.8 Å². The Balaban J connectivity index is 1.56. The number of carbonyl (C=O) groups is 4. The molecule has 3 aromatic heterocycles. The minimum atomic E-state index is -4.67. The molecule has 1 fully saturated rings. The summed E-state index contributed by atoms with van der Waals surface area (Å²) in [4.78, 5) is 64.1. The number of alkyl halides is 3. The summed E-state index contributed by atoms with van der Waals surface area (Å²) in [5, 5.41) is 8.46.